The quantitative estimate of drug-likeness (QED) is 0.0205. The van der Waals surface area contributed by atoms with Gasteiger partial charge in [-0.1, -0.05) is 255 Å². The van der Waals surface area contributed by atoms with E-state index in [4.69, 9.17) is 13.8 Å². The van der Waals surface area contributed by atoms with Gasteiger partial charge >= 0.3 is 13.8 Å². The monoisotopic (exact) mass is 1090 g/mol. The number of rotatable bonds is 58. The minimum Gasteiger partial charge on any atom is -0.456 e. The molecule has 76 heavy (non-hydrogen) atoms. The Morgan fingerprint density at radius 3 is 1.28 bits per heavy atom. The maximum atomic E-state index is 13.5. The van der Waals surface area contributed by atoms with E-state index in [0.717, 1.165) is 89.9 Å². The standard InChI is InChI=1S/C66H123N2O7P/c1-7-10-13-16-19-22-25-27-29-30-31-32-33-34-35-36-37-38-39-41-44-47-50-53-56-59-66(70)75-64(57-54-51-48-45-42-24-21-18-15-12-9-3)63(62-74-76(71,72)73-61-60-68(4,5)6)67-65(69)58-55-52-49-46-43-40-28-26-23-20-17-14-11-8-2/h11,14,20,23,27-29,40,54,57,63-64H,7-10,12-13,15-19,21-22,24-26,30-39,41-53,55-56,58-62H2,1-6H3,(H-,67,69,71,72)/p+1/b14-11+,23-20+,29-27+,40-28+,57-54-. The molecule has 0 rings (SSSR count). The van der Waals surface area contributed by atoms with Crippen LogP contribution in [0.4, 0.5) is 0 Å². The first-order chi connectivity index (χ1) is 36.9. The fourth-order valence-corrected chi connectivity index (χ4v) is 9.98. The summed E-state index contributed by atoms with van der Waals surface area (Å²) < 4.78 is 30.7. The second kappa shape index (κ2) is 56.0. The number of hydrogen-bond donors (Lipinski definition) is 2. The van der Waals surface area contributed by atoms with Crippen LogP contribution in [0.1, 0.15) is 297 Å². The van der Waals surface area contributed by atoms with E-state index in [-0.39, 0.29) is 31.5 Å². The number of esters is 1. The smallest absolute Gasteiger partial charge is 0.456 e. The van der Waals surface area contributed by atoms with Gasteiger partial charge in [0.15, 0.2) is 0 Å². The van der Waals surface area contributed by atoms with Crippen LogP contribution in [0.3, 0.4) is 0 Å². The Hall–Kier alpha value is -2.29. The fourth-order valence-electron chi connectivity index (χ4n) is 9.24. The van der Waals surface area contributed by atoms with E-state index >= 15 is 0 Å². The van der Waals surface area contributed by atoms with E-state index in [1.807, 2.05) is 33.3 Å². The Balaban J connectivity index is 5.06. The third-order valence-electron chi connectivity index (χ3n) is 14.2. The number of nitrogens with one attached hydrogen (secondary N) is 1. The van der Waals surface area contributed by atoms with E-state index in [1.54, 1.807) is 0 Å². The van der Waals surface area contributed by atoms with Gasteiger partial charge in [0.2, 0.25) is 5.91 Å². The Labute approximate surface area is 471 Å². The number of quaternary nitrogens is 1. The molecule has 10 heteroatoms. The van der Waals surface area contributed by atoms with Crippen molar-refractivity contribution in [2.45, 2.75) is 309 Å². The summed E-state index contributed by atoms with van der Waals surface area (Å²) in [6, 6.07) is -0.859. The SMILES string of the molecule is CC/C=C/C/C=C/C/C=C/CCCCCCC(=O)NC(COP(=O)(O)OCC[N+](C)(C)C)C(/C=C\CCCCCCCCCCC)OC(=O)CCCCCCCCCCCCCCCCC/C=C/CCCCCCCC. The molecule has 2 N–H and O–H groups in total. The van der Waals surface area contributed by atoms with Crippen LogP contribution < -0.4 is 5.32 Å². The molecule has 0 heterocycles. The van der Waals surface area contributed by atoms with Gasteiger partial charge in [0.25, 0.3) is 0 Å². The number of phosphoric acid groups is 1. The summed E-state index contributed by atoms with van der Waals surface area (Å²) in [4.78, 5) is 37.7. The van der Waals surface area contributed by atoms with Crippen molar-refractivity contribution < 1.29 is 37.3 Å². The third kappa shape index (κ3) is 56.4. The van der Waals surface area contributed by atoms with Crippen LogP contribution in [0.2, 0.25) is 0 Å². The van der Waals surface area contributed by atoms with Crippen LogP contribution in [0.5, 0.6) is 0 Å². The molecule has 0 fully saturated rings. The van der Waals surface area contributed by atoms with E-state index < -0.39 is 20.0 Å². The van der Waals surface area contributed by atoms with E-state index in [0.29, 0.717) is 17.4 Å². The molecular formula is C66H124N2O7P+. The lowest BCUT2D eigenvalue weighted by atomic mass is 10.0. The molecule has 0 saturated carbocycles. The van der Waals surface area contributed by atoms with Gasteiger partial charge in [0, 0.05) is 12.8 Å². The molecule has 0 aliphatic heterocycles. The summed E-state index contributed by atoms with van der Waals surface area (Å²) in [5.74, 6) is -0.525. The van der Waals surface area contributed by atoms with Crippen molar-refractivity contribution in [2.75, 3.05) is 40.9 Å². The number of allylic oxidation sites excluding steroid dienone is 9. The number of carbonyl (C=O) groups is 2. The third-order valence-corrected chi connectivity index (χ3v) is 15.2. The van der Waals surface area contributed by atoms with Crippen molar-refractivity contribution >= 4 is 19.7 Å². The number of unbranched alkanes of at least 4 members (excludes halogenated alkanes) is 34. The van der Waals surface area contributed by atoms with Gasteiger partial charge < -0.3 is 19.4 Å². The average Bonchev–Trinajstić information content (AvgIpc) is 3.38. The van der Waals surface area contributed by atoms with Gasteiger partial charge in [0.05, 0.1) is 33.8 Å². The van der Waals surface area contributed by atoms with Crippen molar-refractivity contribution in [3.63, 3.8) is 0 Å². The van der Waals surface area contributed by atoms with Crippen molar-refractivity contribution in [3.8, 4) is 0 Å². The zero-order valence-corrected chi connectivity index (χ0v) is 51.6. The average molecular weight is 1090 g/mol. The van der Waals surface area contributed by atoms with Gasteiger partial charge in [-0.05, 0) is 89.5 Å². The summed E-state index contributed by atoms with van der Waals surface area (Å²) >= 11 is 0. The maximum absolute atomic E-state index is 13.5. The van der Waals surface area contributed by atoms with Crippen LogP contribution in [0.15, 0.2) is 60.8 Å². The minimum absolute atomic E-state index is 0.0351. The molecule has 0 radical (unpaired) electrons. The first-order valence-electron chi connectivity index (χ1n) is 32.1. The van der Waals surface area contributed by atoms with Crippen molar-refractivity contribution in [2.24, 2.45) is 0 Å². The second-order valence-corrected chi connectivity index (χ2v) is 24.4. The molecule has 9 nitrogen and oxygen atoms in total. The summed E-state index contributed by atoms with van der Waals surface area (Å²) in [5, 5.41) is 3.04. The summed E-state index contributed by atoms with van der Waals surface area (Å²) in [6.07, 6.45) is 70.9. The van der Waals surface area contributed by atoms with Gasteiger partial charge in [-0.2, -0.15) is 0 Å². The number of amides is 1. The number of carbonyl (C=O) groups excluding carboxylic acids is 2. The lowest BCUT2D eigenvalue weighted by Crippen LogP contribution is -2.47. The molecule has 0 bridgehead atoms. The molecule has 3 unspecified atom stereocenters. The second-order valence-electron chi connectivity index (χ2n) is 22.9. The van der Waals surface area contributed by atoms with Crippen LogP contribution in [-0.4, -0.2) is 74.3 Å². The molecule has 1 amide bonds. The predicted octanol–water partition coefficient (Wildman–Crippen LogP) is 19.8. The lowest BCUT2D eigenvalue weighted by Gasteiger charge is -2.27. The molecule has 0 aliphatic carbocycles. The van der Waals surface area contributed by atoms with Crippen LogP contribution in [0, 0.1) is 0 Å². The van der Waals surface area contributed by atoms with Gasteiger partial charge in [-0.3, -0.25) is 18.6 Å². The lowest BCUT2D eigenvalue weighted by molar-refractivity contribution is -0.870. The van der Waals surface area contributed by atoms with Gasteiger partial charge in [-0.15, -0.1) is 0 Å². The largest absolute Gasteiger partial charge is 0.472 e. The Bertz CT molecular complexity index is 1490. The highest BCUT2D eigenvalue weighted by molar-refractivity contribution is 7.47. The first-order valence-corrected chi connectivity index (χ1v) is 33.6. The summed E-state index contributed by atoms with van der Waals surface area (Å²) in [5.41, 5.74) is 0. The number of ether oxygens (including phenoxy) is 1. The normalized spacial score (nSPS) is 14.0. The van der Waals surface area contributed by atoms with E-state index in [9.17, 15) is 19.0 Å². The molecule has 0 saturated heterocycles. The molecule has 0 aromatic carbocycles. The van der Waals surface area contributed by atoms with E-state index in [1.165, 1.54) is 173 Å². The van der Waals surface area contributed by atoms with Crippen LogP contribution in [0.25, 0.3) is 0 Å². The van der Waals surface area contributed by atoms with Crippen molar-refractivity contribution in [1.29, 1.82) is 0 Å². The molecule has 444 valence electrons. The fraction of sp³-hybridized carbons (Fsp3) is 0.818. The minimum atomic E-state index is -4.45. The van der Waals surface area contributed by atoms with Crippen molar-refractivity contribution in [1.82, 2.24) is 5.32 Å². The zero-order valence-electron chi connectivity index (χ0n) is 50.7. The Kier molecular flexibility index (Phi) is 54.3. The van der Waals surface area contributed by atoms with Gasteiger partial charge in [0.1, 0.15) is 19.3 Å². The molecule has 0 aromatic heterocycles. The van der Waals surface area contributed by atoms with Gasteiger partial charge in [-0.25, -0.2) is 4.57 Å². The highest BCUT2D eigenvalue weighted by atomic mass is 31.2. The Morgan fingerprint density at radius 1 is 0.474 bits per heavy atom. The number of nitrogens with zero attached hydrogens (tertiary/aromatic N) is 1. The maximum Gasteiger partial charge on any atom is 0.472 e. The number of phosphoric ester groups is 1. The molecule has 0 spiro atoms. The topological polar surface area (TPSA) is 111 Å². The molecular weight excluding hydrogens is 964 g/mol. The predicted molar refractivity (Wildman–Crippen MR) is 328 cm³/mol. The molecule has 3 atom stereocenters. The first kappa shape index (κ1) is 73.7. The highest BCUT2D eigenvalue weighted by Gasteiger charge is 2.30. The Morgan fingerprint density at radius 2 is 0.842 bits per heavy atom. The highest BCUT2D eigenvalue weighted by Crippen LogP contribution is 2.43. The van der Waals surface area contributed by atoms with Crippen molar-refractivity contribution in [3.05, 3.63) is 60.8 Å². The summed E-state index contributed by atoms with van der Waals surface area (Å²) in [6.45, 7) is 6.89. The molecule has 0 aliphatic rings. The van der Waals surface area contributed by atoms with E-state index in [2.05, 4.69) is 74.7 Å². The number of likely N-dealkylation sites (N-methyl/N-ethyl adjacent to an activating group) is 1. The summed E-state index contributed by atoms with van der Waals surface area (Å²) in [7, 11) is 1.48. The van der Waals surface area contributed by atoms with Crippen LogP contribution >= 0.6 is 7.82 Å². The molecule has 0 aromatic rings. The zero-order chi connectivity index (χ0) is 55.7. The van der Waals surface area contributed by atoms with Crippen LogP contribution in [-0.2, 0) is 27.9 Å². The number of hydrogen-bond acceptors (Lipinski definition) is 6.